The van der Waals surface area contributed by atoms with Crippen molar-refractivity contribution in [1.29, 1.82) is 0 Å². The van der Waals surface area contributed by atoms with Gasteiger partial charge in [-0.2, -0.15) is 0 Å². The lowest BCUT2D eigenvalue weighted by atomic mass is 9.97. The third-order valence-corrected chi connectivity index (χ3v) is 4.00. The van der Waals surface area contributed by atoms with Crippen LogP contribution in [-0.2, 0) is 0 Å². The highest BCUT2D eigenvalue weighted by molar-refractivity contribution is 5.26. The van der Waals surface area contributed by atoms with Crippen LogP contribution >= 0.6 is 0 Å². The molecule has 1 saturated heterocycles. The highest BCUT2D eigenvalue weighted by Crippen LogP contribution is 2.27. The number of hydrogen-bond acceptors (Lipinski definition) is 2. The molecule has 1 N–H and O–H groups in total. The molecule has 2 rings (SSSR count). The fourth-order valence-corrected chi connectivity index (χ4v) is 2.77. The first-order chi connectivity index (χ1) is 9.22. The molecule has 1 atom stereocenters. The molecule has 2 nitrogen and oxygen atoms in total. The Morgan fingerprint density at radius 1 is 1.32 bits per heavy atom. The molecule has 0 radical (unpaired) electrons. The molecule has 0 unspecified atom stereocenters. The summed E-state index contributed by atoms with van der Waals surface area (Å²) >= 11 is 0. The summed E-state index contributed by atoms with van der Waals surface area (Å²) < 4.78 is 13.8. The van der Waals surface area contributed by atoms with E-state index in [9.17, 15) is 4.39 Å². The van der Waals surface area contributed by atoms with Crippen LogP contribution < -0.4 is 5.32 Å². The molecule has 1 aromatic rings. The predicted octanol–water partition coefficient (Wildman–Crippen LogP) is 3.27. The van der Waals surface area contributed by atoms with E-state index >= 15 is 0 Å². The minimum absolute atomic E-state index is 0.0749. The standard InChI is InChI=1S/C16H25FN2/c1-3-4-5-16(19-10-8-18-9-11-19)14-7-6-13(2)15(17)12-14/h6-7,12,16,18H,3-5,8-11H2,1-2H3/t16-/m0/s1. The molecule has 106 valence electrons. The number of benzene rings is 1. The van der Waals surface area contributed by atoms with Gasteiger partial charge in [-0.25, -0.2) is 4.39 Å². The summed E-state index contributed by atoms with van der Waals surface area (Å²) in [5.41, 5.74) is 1.87. The summed E-state index contributed by atoms with van der Waals surface area (Å²) in [5.74, 6) is -0.0749. The maximum absolute atomic E-state index is 13.8. The molecule has 19 heavy (non-hydrogen) atoms. The van der Waals surface area contributed by atoms with Gasteiger partial charge < -0.3 is 5.32 Å². The Labute approximate surface area is 116 Å². The third-order valence-electron chi connectivity index (χ3n) is 4.00. The Balaban J connectivity index is 2.17. The molecular formula is C16H25FN2. The fraction of sp³-hybridized carbons (Fsp3) is 0.625. The quantitative estimate of drug-likeness (QED) is 0.878. The number of aryl methyl sites for hydroxylation is 1. The van der Waals surface area contributed by atoms with Gasteiger partial charge in [0.25, 0.3) is 0 Å². The van der Waals surface area contributed by atoms with E-state index in [2.05, 4.69) is 23.2 Å². The first kappa shape index (κ1) is 14.5. The van der Waals surface area contributed by atoms with Crippen LogP contribution in [0.1, 0.15) is 43.4 Å². The number of nitrogens with zero attached hydrogens (tertiary/aromatic N) is 1. The highest BCUT2D eigenvalue weighted by atomic mass is 19.1. The summed E-state index contributed by atoms with van der Waals surface area (Å²) in [5, 5.41) is 3.38. The second-order valence-electron chi connectivity index (χ2n) is 5.45. The lowest BCUT2D eigenvalue weighted by molar-refractivity contribution is 0.163. The molecule has 1 heterocycles. The molecule has 1 aliphatic heterocycles. The lowest BCUT2D eigenvalue weighted by Gasteiger charge is -2.35. The van der Waals surface area contributed by atoms with Gasteiger partial charge in [0.15, 0.2) is 0 Å². The minimum Gasteiger partial charge on any atom is -0.314 e. The monoisotopic (exact) mass is 264 g/mol. The zero-order chi connectivity index (χ0) is 13.7. The maximum atomic E-state index is 13.8. The number of nitrogens with one attached hydrogen (secondary N) is 1. The Morgan fingerprint density at radius 2 is 2.05 bits per heavy atom. The highest BCUT2D eigenvalue weighted by Gasteiger charge is 2.22. The Bertz CT molecular complexity index is 400. The first-order valence-corrected chi connectivity index (χ1v) is 7.43. The van der Waals surface area contributed by atoms with E-state index in [0.29, 0.717) is 6.04 Å². The average molecular weight is 264 g/mol. The van der Waals surface area contributed by atoms with Crippen LogP contribution in [0.4, 0.5) is 4.39 Å². The van der Waals surface area contributed by atoms with E-state index in [-0.39, 0.29) is 5.82 Å². The average Bonchev–Trinajstić information content (AvgIpc) is 2.44. The van der Waals surface area contributed by atoms with E-state index in [1.807, 2.05) is 13.0 Å². The maximum Gasteiger partial charge on any atom is 0.126 e. The van der Waals surface area contributed by atoms with Crippen LogP contribution in [-0.4, -0.2) is 31.1 Å². The van der Waals surface area contributed by atoms with Crippen LogP contribution in [0, 0.1) is 12.7 Å². The number of rotatable bonds is 5. The zero-order valence-corrected chi connectivity index (χ0v) is 12.1. The Hall–Kier alpha value is -0.930. The summed E-state index contributed by atoms with van der Waals surface area (Å²) in [6.45, 7) is 8.23. The molecule has 3 heteroatoms. The SMILES string of the molecule is CCCC[C@@H](c1ccc(C)c(F)c1)N1CCNCC1. The normalized spacial score (nSPS) is 18.5. The largest absolute Gasteiger partial charge is 0.314 e. The van der Waals surface area contributed by atoms with Crippen LogP contribution in [0.2, 0.25) is 0 Å². The Kier molecular flexibility index (Phi) is 5.34. The summed E-state index contributed by atoms with van der Waals surface area (Å²) in [4.78, 5) is 2.50. The molecular weight excluding hydrogens is 239 g/mol. The molecule has 0 amide bonds. The van der Waals surface area contributed by atoms with Gasteiger partial charge in [0.1, 0.15) is 5.82 Å². The smallest absolute Gasteiger partial charge is 0.126 e. The van der Waals surface area contributed by atoms with E-state index < -0.39 is 0 Å². The minimum atomic E-state index is -0.0749. The third kappa shape index (κ3) is 3.77. The molecule has 0 bridgehead atoms. The molecule has 0 spiro atoms. The second-order valence-corrected chi connectivity index (χ2v) is 5.45. The number of halogens is 1. The van der Waals surface area contributed by atoms with Crippen molar-refractivity contribution < 1.29 is 4.39 Å². The molecule has 1 aliphatic rings. The summed E-state index contributed by atoms with van der Waals surface area (Å²) in [7, 11) is 0. The van der Waals surface area contributed by atoms with Crippen LogP contribution in [0.25, 0.3) is 0 Å². The van der Waals surface area contributed by atoms with Crippen molar-refractivity contribution in [3.05, 3.63) is 35.1 Å². The van der Waals surface area contributed by atoms with Crippen molar-refractivity contribution in [1.82, 2.24) is 10.2 Å². The van der Waals surface area contributed by atoms with Gasteiger partial charge in [-0.3, -0.25) is 4.90 Å². The van der Waals surface area contributed by atoms with Gasteiger partial charge in [0, 0.05) is 32.2 Å². The van der Waals surface area contributed by atoms with E-state index in [0.717, 1.165) is 43.7 Å². The molecule has 0 saturated carbocycles. The lowest BCUT2D eigenvalue weighted by Crippen LogP contribution is -2.45. The summed E-state index contributed by atoms with van der Waals surface area (Å²) in [6.07, 6.45) is 3.51. The van der Waals surface area contributed by atoms with Gasteiger partial charge in [0.05, 0.1) is 0 Å². The Morgan fingerprint density at radius 3 is 2.68 bits per heavy atom. The molecule has 0 aliphatic carbocycles. The van der Waals surface area contributed by atoms with Crippen molar-refractivity contribution in [2.24, 2.45) is 0 Å². The van der Waals surface area contributed by atoms with Gasteiger partial charge in [-0.1, -0.05) is 31.9 Å². The van der Waals surface area contributed by atoms with E-state index in [1.165, 1.54) is 12.8 Å². The van der Waals surface area contributed by atoms with Crippen molar-refractivity contribution in [2.45, 2.75) is 39.2 Å². The molecule has 0 aromatic heterocycles. The van der Waals surface area contributed by atoms with Gasteiger partial charge in [-0.05, 0) is 30.5 Å². The zero-order valence-electron chi connectivity index (χ0n) is 12.1. The van der Waals surface area contributed by atoms with Crippen LogP contribution in [0.5, 0.6) is 0 Å². The van der Waals surface area contributed by atoms with Crippen LogP contribution in [0.3, 0.4) is 0 Å². The van der Waals surface area contributed by atoms with Gasteiger partial charge in [0.2, 0.25) is 0 Å². The van der Waals surface area contributed by atoms with Crippen molar-refractivity contribution >= 4 is 0 Å². The first-order valence-electron chi connectivity index (χ1n) is 7.43. The fourth-order valence-electron chi connectivity index (χ4n) is 2.77. The topological polar surface area (TPSA) is 15.3 Å². The van der Waals surface area contributed by atoms with Crippen LogP contribution in [0.15, 0.2) is 18.2 Å². The molecule has 1 aromatic carbocycles. The molecule has 1 fully saturated rings. The predicted molar refractivity (Wildman–Crippen MR) is 77.8 cm³/mol. The number of hydrogen-bond donors (Lipinski definition) is 1. The summed E-state index contributed by atoms with van der Waals surface area (Å²) in [6, 6.07) is 6.11. The van der Waals surface area contributed by atoms with Crippen molar-refractivity contribution in [3.63, 3.8) is 0 Å². The number of piperazine rings is 1. The van der Waals surface area contributed by atoms with Gasteiger partial charge in [-0.15, -0.1) is 0 Å². The second kappa shape index (κ2) is 7.01. The van der Waals surface area contributed by atoms with Crippen molar-refractivity contribution in [3.8, 4) is 0 Å². The van der Waals surface area contributed by atoms with Gasteiger partial charge >= 0.3 is 0 Å². The number of unbranched alkanes of at least 4 members (excludes halogenated alkanes) is 1. The van der Waals surface area contributed by atoms with E-state index in [1.54, 1.807) is 6.07 Å². The van der Waals surface area contributed by atoms with E-state index in [4.69, 9.17) is 0 Å². The van der Waals surface area contributed by atoms with Crippen molar-refractivity contribution in [2.75, 3.05) is 26.2 Å².